The lowest BCUT2D eigenvalue weighted by Crippen LogP contribution is -2.46. The molecule has 1 saturated carbocycles. The van der Waals surface area contributed by atoms with E-state index >= 15 is 0 Å². The van der Waals surface area contributed by atoms with Gasteiger partial charge in [-0.3, -0.25) is 0 Å². The quantitative estimate of drug-likeness (QED) is 0.919. The predicted molar refractivity (Wildman–Crippen MR) is 82.5 cm³/mol. The van der Waals surface area contributed by atoms with Crippen molar-refractivity contribution in [3.63, 3.8) is 0 Å². The van der Waals surface area contributed by atoms with Gasteiger partial charge in [-0.2, -0.15) is 0 Å². The first kappa shape index (κ1) is 14.0. The number of carbonyl (C=O) groups is 1. The molecule has 1 aromatic heterocycles. The van der Waals surface area contributed by atoms with Crippen molar-refractivity contribution in [2.24, 2.45) is 11.8 Å². The van der Waals surface area contributed by atoms with Crippen LogP contribution in [0.3, 0.4) is 0 Å². The van der Waals surface area contributed by atoms with E-state index in [0.29, 0.717) is 6.54 Å². The molecule has 6 heteroatoms. The van der Waals surface area contributed by atoms with Gasteiger partial charge in [0.1, 0.15) is 11.6 Å². The zero-order valence-electron chi connectivity index (χ0n) is 13.1. The number of aryl methyl sites for hydroxylation is 1. The van der Waals surface area contributed by atoms with Crippen LogP contribution in [0.4, 0.5) is 4.79 Å². The summed E-state index contributed by atoms with van der Waals surface area (Å²) in [6.45, 7) is 3.55. The molecule has 1 saturated heterocycles. The van der Waals surface area contributed by atoms with Crippen LogP contribution in [0.1, 0.15) is 43.8 Å². The molecule has 3 heterocycles. The van der Waals surface area contributed by atoms with Crippen LogP contribution >= 0.6 is 0 Å². The Balaban J connectivity index is 1.25. The highest BCUT2D eigenvalue weighted by Gasteiger charge is 2.35. The summed E-state index contributed by atoms with van der Waals surface area (Å²) in [6.07, 6.45) is 8.19. The van der Waals surface area contributed by atoms with Crippen molar-refractivity contribution in [3.8, 4) is 0 Å². The van der Waals surface area contributed by atoms with E-state index in [-0.39, 0.29) is 6.03 Å². The zero-order valence-corrected chi connectivity index (χ0v) is 13.1. The van der Waals surface area contributed by atoms with Crippen molar-refractivity contribution in [1.82, 2.24) is 25.0 Å². The van der Waals surface area contributed by atoms with Crippen LogP contribution in [0.5, 0.6) is 0 Å². The van der Waals surface area contributed by atoms with Crippen LogP contribution in [0, 0.1) is 11.8 Å². The summed E-state index contributed by atoms with van der Waals surface area (Å²) in [6, 6.07) is 0.103. The van der Waals surface area contributed by atoms with Crippen LogP contribution in [0.2, 0.25) is 0 Å². The maximum atomic E-state index is 12.3. The monoisotopic (exact) mass is 303 g/mol. The number of piperidine rings is 1. The molecule has 2 fully saturated rings. The maximum absolute atomic E-state index is 12.3. The minimum absolute atomic E-state index is 0.103. The second kappa shape index (κ2) is 5.89. The average molecular weight is 303 g/mol. The Morgan fingerprint density at radius 3 is 2.91 bits per heavy atom. The average Bonchev–Trinajstić information content (AvgIpc) is 3.17. The highest BCUT2D eigenvalue weighted by molar-refractivity contribution is 5.74. The van der Waals surface area contributed by atoms with Gasteiger partial charge in [-0.1, -0.05) is 0 Å². The Bertz CT molecular complexity index is 551. The fraction of sp³-hybridized carbons (Fsp3) is 0.812. The first-order valence-electron chi connectivity index (χ1n) is 8.75. The molecular formula is C16H25N5O. The Kier molecular flexibility index (Phi) is 3.76. The largest absolute Gasteiger partial charge is 0.338 e. The van der Waals surface area contributed by atoms with Gasteiger partial charge in [0.2, 0.25) is 0 Å². The number of rotatable bonds is 4. The number of hydrogen-bond donors (Lipinski definition) is 1. The molecule has 1 atom stereocenters. The first-order valence-corrected chi connectivity index (χ1v) is 8.75. The fourth-order valence-electron chi connectivity index (χ4n) is 3.94. The van der Waals surface area contributed by atoms with Gasteiger partial charge in [0.25, 0.3) is 0 Å². The lowest BCUT2D eigenvalue weighted by molar-refractivity contribution is 0.158. The maximum Gasteiger partial charge on any atom is 0.317 e. The topological polar surface area (TPSA) is 63.1 Å². The van der Waals surface area contributed by atoms with Gasteiger partial charge in [-0.05, 0) is 43.9 Å². The number of fused-ring (bicyclic) bond motifs is 1. The molecule has 0 radical (unpaired) electrons. The van der Waals surface area contributed by atoms with Crippen molar-refractivity contribution in [2.75, 3.05) is 19.6 Å². The van der Waals surface area contributed by atoms with Gasteiger partial charge in [0.15, 0.2) is 0 Å². The molecular weight excluding hydrogens is 278 g/mol. The molecule has 1 aliphatic carbocycles. The standard InChI is InChI=1S/C16H25N5O/c22-16(20-9-1-3-13(11-20)12-5-6-12)17-8-7-15-19-18-14-4-2-10-21(14)15/h12-13H,1-11H2,(H,17,22). The second-order valence-corrected chi connectivity index (χ2v) is 6.96. The van der Waals surface area contributed by atoms with Gasteiger partial charge in [0, 0.05) is 39.0 Å². The lowest BCUT2D eigenvalue weighted by atomic mass is 9.94. The molecule has 0 spiro atoms. The third-order valence-electron chi connectivity index (χ3n) is 5.34. The lowest BCUT2D eigenvalue weighted by Gasteiger charge is -2.32. The molecule has 2 aliphatic heterocycles. The van der Waals surface area contributed by atoms with Gasteiger partial charge < -0.3 is 14.8 Å². The molecule has 0 bridgehead atoms. The van der Waals surface area contributed by atoms with Crippen molar-refractivity contribution < 1.29 is 4.79 Å². The molecule has 3 aliphatic rings. The van der Waals surface area contributed by atoms with Crippen molar-refractivity contribution in [2.45, 2.75) is 51.5 Å². The third-order valence-corrected chi connectivity index (χ3v) is 5.34. The van der Waals surface area contributed by atoms with E-state index in [0.717, 1.165) is 62.4 Å². The van der Waals surface area contributed by atoms with E-state index < -0.39 is 0 Å². The number of likely N-dealkylation sites (tertiary alicyclic amines) is 1. The summed E-state index contributed by atoms with van der Waals surface area (Å²) >= 11 is 0. The van der Waals surface area contributed by atoms with Crippen molar-refractivity contribution in [3.05, 3.63) is 11.6 Å². The first-order chi connectivity index (χ1) is 10.8. The van der Waals surface area contributed by atoms with Gasteiger partial charge in [-0.15, -0.1) is 10.2 Å². The zero-order chi connectivity index (χ0) is 14.9. The molecule has 4 rings (SSSR count). The van der Waals surface area contributed by atoms with Crippen molar-refractivity contribution in [1.29, 1.82) is 0 Å². The van der Waals surface area contributed by atoms with E-state index in [9.17, 15) is 4.79 Å². The molecule has 2 amide bonds. The van der Waals surface area contributed by atoms with Crippen LogP contribution in [-0.4, -0.2) is 45.3 Å². The number of urea groups is 1. The van der Waals surface area contributed by atoms with Gasteiger partial charge in [-0.25, -0.2) is 4.79 Å². The molecule has 6 nitrogen and oxygen atoms in total. The van der Waals surface area contributed by atoms with Crippen LogP contribution in [0.25, 0.3) is 0 Å². The third kappa shape index (κ3) is 2.83. The molecule has 0 aromatic carbocycles. The summed E-state index contributed by atoms with van der Waals surface area (Å²) in [7, 11) is 0. The van der Waals surface area contributed by atoms with Crippen molar-refractivity contribution >= 4 is 6.03 Å². The van der Waals surface area contributed by atoms with Crippen LogP contribution in [0.15, 0.2) is 0 Å². The molecule has 1 N–H and O–H groups in total. The minimum atomic E-state index is 0.103. The van der Waals surface area contributed by atoms with E-state index in [4.69, 9.17) is 0 Å². The Labute approximate surface area is 131 Å². The summed E-state index contributed by atoms with van der Waals surface area (Å²) in [5, 5.41) is 11.5. The van der Waals surface area contributed by atoms with Gasteiger partial charge >= 0.3 is 6.03 Å². The second-order valence-electron chi connectivity index (χ2n) is 6.96. The number of nitrogens with zero attached hydrogens (tertiary/aromatic N) is 4. The number of amides is 2. The highest BCUT2D eigenvalue weighted by Crippen LogP contribution is 2.40. The summed E-state index contributed by atoms with van der Waals surface area (Å²) in [4.78, 5) is 14.3. The molecule has 1 unspecified atom stereocenters. The molecule has 120 valence electrons. The predicted octanol–water partition coefficient (Wildman–Crippen LogP) is 1.60. The van der Waals surface area contributed by atoms with Gasteiger partial charge in [0.05, 0.1) is 0 Å². The molecule has 1 aromatic rings. The summed E-state index contributed by atoms with van der Waals surface area (Å²) < 4.78 is 2.20. The summed E-state index contributed by atoms with van der Waals surface area (Å²) in [5.74, 6) is 3.76. The number of hydrogen-bond acceptors (Lipinski definition) is 3. The Morgan fingerprint density at radius 2 is 2.05 bits per heavy atom. The minimum Gasteiger partial charge on any atom is -0.338 e. The van der Waals surface area contributed by atoms with E-state index in [2.05, 4.69) is 20.1 Å². The summed E-state index contributed by atoms with van der Waals surface area (Å²) in [5.41, 5.74) is 0. The fourth-order valence-corrected chi connectivity index (χ4v) is 3.94. The Hall–Kier alpha value is -1.59. The Morgan fingerprint density at radius 1 is 1.14 bits per heavy atom. The highest BCUT2D eigenvalue weighted by atomic mass is 16.2. The van der Waals surface area contributed by atoms with Crippen LogP contribution in [-0.2, 0) is 19.4 Å². The number of aromatic nitrogens is 3. The smallest absolute Gasteiger partial charge is 0.317 e. The normalized spacial score (nSPS) is 24.4. The SMILES string of the molecule is O=C(NCCc1nnc2n1CCC2)N1CCCC(C2CC2)C1. The van der Waals surface area contributed by atoms with Crippen LogP contribution < -0.4 is 5.32 Å². The van der Waals surface area contributed by atoms with E-state index in [1.807, 2.05) is 4.90 Å². The van der Waals surface area contributed by atoms with E-state index in [1.54, 1.807) is 0 Å². The molecule has 22 heavy (non-hydrogen) atoms. The number of carbonyl (C=O) groups excluding carboxylic acids is 1. The van der Waals surface area contributed by atoms with E-state index in [1.165, 1.54) is 25.7 Å². The number of nitrogens with one attached hydrogen (secondary N) is 1.